The number of nitrogens with zero attached hydrogens (tertiary/aromatic N) is 3. The van der Waals surface area contributed by atoms with Crippen LogP contribution >= 0.6 is 23.2 Å². The van der Waals surface area contributed by atoms with E-state index in [1.54, 1.807) is 24.4 Å². The molecule has 8 heteroatoms. The molecule has 0 fully saturated rings. The second kappa shape index (κ2) is 7.16. The molecule has 3 heterocycles. The van der Waals surface area contributed by atoms with Gasteiger partial charge in [-0.2, -0.15) is 0 Å². The van der Waals surface area contributed by atoms with Crippen molar-refractivity contribution in [3.05, 3.63) is 82.5 Å². The fourth-order valence-electron chi connectivity index (χ4n) is 3.52. The van der Waals surface area contributed by atoms with Crippen LogP contribution in [0.1, 0.15) is 15.9 Å². The molecule has 2 aromatic carbocycles. The van der Waals surface area contributed by atoms with Crippen LogP contribution in [0.5, 0.6) is 11.5 Å². The summed E-state index contributed by atoms with van der Waals surface area (Å²) >= 11 is 12.6. The van der Waals surface area contributed by atoms with E-state index in [0.717, 1.165) is 10.9 Å². The Hall–Kier alpha value is -3.35. The number of rotatable bonds is 4. The smallest absolute Gasteiger partial charge is 0.196 e. The number of aromatic amines is 1. The predicted octanol–water partition coefficient (Wildman–Crippen LogP) is 5.78. The highest BCUT2D eigenvalue weighted by Crippen LogP contribution is 2.33. The first-order chi connectivity index (χ1) is 14.5. The second-order valence-corrected chi connectivity index (χ2v) is 7.55. The van der Waals surface area contributed by atoms with Crippen molar-refractivity contribution in [2.75, 3.05) is 0 Å². The fraction of sp³-hybridized carbons (Fsp3) is 0.0455. The average molecular weight is 437 g/mol. The molecule has 6 nitrogen and oxygen atoms in total. The van der Waals surface area contributed by atoms with Crippen molar-refractivity contribution in [3.8, 4) is 11.5 Å². The quantitative estimate of drug-likeness (QED) is 0.286. The van der Waals surface area contributed by atoms with Gasteiger partial charge in [0.15, 0.2) is 11.5 Å². The number of hydrogen-bond acceptors (Lipinski definition) is 4. The number of ketones is 1. The van der Waals surface area contributed by atoms with Gasteiger partial charge in [0.1, 0.15) is 22.9 Å². The minimum Gasteiger partial charge on any atom is -0.455 e. The lowest BCUT2D eigenvalue weighted by Crippen LogP contribution is -2.02. The first-order valence-corrected chi connectivity index (χ1v) is 9.82. The molecule has 0 aliphatic carbocycles. The number of fused-ring (bicyclic) bond motifs is 2. The summed E-state index contributed by atoms with van der Waals surface area (Å²) in [6.07, 6.45) is 4.87. The number of halogens is 2. The molecule has 0 spiro atoms. The number of aromatic nitrogens is 4. The molecule has 0 saturated carbocycles. The molecule has 0 saturated heterocycles. The van der Waals surface area contributed by atoms with Crippen molar-refractivity contribution in [1.82, 2.24) is 19.5 Å². The van der Waals surface area contributed by atoms with Gasteiger partial charge in [-0.1, -0.05) is 35.3 Å². The van der Waals surface area contributed by atoms with Crippen molar-refractivity contribution < 1.29 is 9.53 Å². The van der Waals surface area contributed by atoms with Crippen molar-refractivity contribution >= 4 is 50.9 Å². The Kier molecular flexibility index (Phi) is 4.46. The third-order valence-electron chi connectivity index (χ3n) is 4.94. The van der Waals surface area contributed by atoms with E-state index >= 15 is 0 Å². The molecular formula is C22H14Cl2N4O2. The van der Waals surface area contributed by atoms with Gasteiger partial charge < -0.3 is 14.3 Å². The summed E-state index contributed by atoms with van der Waals surface area (Å²) in [5.74, 6) is 0.959. The lowest BCUT2D eigenvalue weighted by molar-refractivity contribution is 0.104. The number of aryl methyl sites for hydroxylation is 1. The molecule has 5 aromatic rings. The van der Waals surface area contributed by atoms with E-state index in [4.69, 9.17) is 27.9 Å². The van der Waals surface area contributed by atoms with Crippen LogP contribution < -0.4 is 4.74 Å². The highest BCUT2D eigenvalue weighted by Gasteiger charge is 2.20. The predicted molar refractivity (Wildman–Crippen MR) is 117 cm³/mol. The molecule has 0 radical (unpaired) electrons. The summed E-state index contributed by atoms with van der Waals surface area (Å²) in [4.78, 5) is 24.1. The number of benzene rings is 2. The average Bonchev–Trinajstić information content (AvgIpc) is 3.33. The van der Waals surface area contributed by atoms with E-state index in [1.807, 2.05) is 42.1 Å². The Bertz CT molecular complexity index is 1440. The third kappa shape index (κ3) is 3.01. The van der Waals surface area contributed by atoms with E-state index in [-0.39, 0.29) is 16.0 Å². The standard InChI is InChI=1S/C22H14Cl2N4O2/c1-28-8-7-12-3-2-4-17(19(12)28)30-13-5-6-14(16(23)9-13)20(29)15-10-25-22-18(15)21(24)26-11-27-22/h2-11H,1H3,(H,25,26,27). The Morgan fingerprint density at radius 1 is 1.10 bits per heavy atom. The van der Waals surface area contributed by atoms with E-state index in [2.05, 4.69) is 15.0 Å². The van der Waals surface area contributed by atoms with Crippen LogP contribution in [0.25, 0.3) is 21.9 Å². The van der Waals surface area contributed by atoms with Crippen molar-refractivity contribution in [1.29, 1.82) is 0 Å². The summed E-state index contributed by atoms with van der Waals surface area (Å²) < 4.78 is 8.06. The van der Waals surface area contributed by atoms with Crippen LogP contribution in [-0.2, 0) is 7.05 Å². The molecular weight excluding hydrogens is 423 g/mol. The summed E-state index contributed by atoms with van der Waals surface area (Å²) in [6.45, 7) is 0. The van der Waals surface area contributed by atoms with E-state index < -0.39 is 0 Å². The van der Waals surface area contributed by atoms with Crippen LogP contribution in [-0.4, -0.2) is 25.3 Å². The number of nitrogens with one attached hydrogen (secondary N) is 1. The van der Waals surface area contributed by atoms with Gasteiger partial charge in [-0.05, 0) is 24.3 Å². The zero-order chi connectivity index (χ0) is 20.8. The molecule has 0 unspecified atom stereocenters. The molecule has 148 valence electrons. The molecule has 30 heavy (non-hydrogen) atoms. The number of carbonyl (C=O) groups is 1. The van der Waals surface area contributed by atoms with Crippen molar-refractivity contribution in [2.45, 2.75) is 0 Å². The SMILES string of the molecule is Cn1ccc2cccc(Oc3ccc(C(=O)c4c[nH]c5ncnc(Cl)c45)c(Cl)c3)c21. The highest BCUT2D eigenvalue weighted by atomic mass is 35.5. The minimum atomic E-state index is -0.279. The van der Waals surface area contributed by atoms with Gasteiger partial charge in [-0.25, -0.2) is 9.97 Å². The number of hydrogen-bond donors (Lipinski definition) is 1. The van der Waals surface area contributed by atoms with Crippen LogP contribution in [0.2, 0.25) is 10.2 Å². The van der Waals surface area contributed by atoms with Gasteiger partial charge >= 0.3 is 0 Å². The monoisotopic (exact) mass is 436 g/mol. The maximum Gasteiger partial charge on any atom is 0.196 e. The topological polar surface area (TPSA) is 72.8 Å². The first kappa shape index (κ1) is 18.7. The van der Waals surface area contributed by atoms with Gasteiger partial charge in [0.05, 0.1) is 21.5 Å². The van der Waals surface area contributed by atoms with E-state index in [0.29, 0.717) is 33.7 Å². The Labute approximate surface area is 181 Å². The second-order valence-electron chi connectivity index (χ2n) is 6.78. The van der Waals surface area contributed by atoms with Gasteiger partial charge in [-0.15, -0.1) is 0 Å². The Balaban J connectivity index is 1.50. The summed E-state index contributed by atoms with van der Waals surface area (Å²) in [6, 6.07) is 12.8. The van der Waals surface area contributed by atoms with Crippen LogP contribution in [0.3, 0.4) is 0 Å². The minimum absolute atomic E-state index is 0.205. The highest BCUT2D eigenvalue weighted by molar-refractivity contribution is 6.38. The number of ether oxygens (including phenoxy) is 1. The third-order valence-corrected chi connectivity index (χ3v) is 5.54. The molecule has 1 N–H and O–H groups in total. The molecule has 3 aromatic heterocycles. The lowest BCUT2D eigenvalue weighted by atomic mass is 10.0. The summed E-state index contributed by atoms with van der Waals surface area (Å²) in [5.41, 5.74) is 2.16. The van der Waals surface area contributed by atoms with Crippen LogP contribution in [0.4, 0.5) is 0 Å². The van der Waals surface area contributed by atoms with Gasteiger partial charge in [0.25, 0.3) is 0 Å². The lowest BCUT2D eigenvalue weighted by Gasteiger charge is -2.10. The Morgan fingerprint density at radius 2 is 1.97 bits per heavy atom. The van der Waals surface area contributed by atoms with Gasteiger partial charge in [0, 0.05) is 36.5 Å². The number of para-hydroxylation sites is 1. The van der Waals surface area contributed by atoms with Crippen molar-refractivity contribution in [3.63, 3.8) is 0 Å². The van der Waals surface area contributed by atoms with Crippen molar-refractivity contribution in [2.24, 2.45) is 7.05 Å². The molecule has 5 rings (SSSR count). The van der Waals surface area contributed by atoms with E-state index in [9.17, 15) is 4.79 Å². The van der Waals surface area contributed by atoms with Gasteiger partial charge in [-0.3, -0.25) is 4.79 Å². The number of H-pyrrole nitrogens is 1. The number of carbonyl (C=O) groups excluding carboxylic acids is 1. The largest absolute Gasteiger partial charge is 0.455 e. The van der Waals surface area contributed by atoms with Gasteiger partial charge in [0.2, 0.25) is 0 Å². The maximum absolute atomic E-state index is 13.1. The molecule has 0 bridgehead atoms. The first-order valence-electron chi connectivity index (χ1n) is 9.06. The van der Waals surface area contributed by atoms with Crippen LogP contribution in [0.15, 0.2) is 61.2 Å². The Morgan fingerprint density at radius 3 is 2.80 bits per heavy atom. The molecule has 0 atom stereocenters. The molecule has 0 aliphatic rings. The summed E-state index contributed by atoms with van der Waals surface area (Å²) in [5, 5.41) is 2.03. The van der Waals surface area contributed by atoms with E-state index in [1.165, 1.54) is 6.33 Å². The fourth-order valence-corrected chi connectivity index (χ4v) is 4.01. The maximum atomic E-state index is 13.1. The zero-order valence-electron chi connectivity index (χ0n) is 15.7. The zero-order valence-corrected chi connectivity index (χ0v) is 17.2. The summed E-state index contributed by atoms with van der Waals surface area (Å²) in [7, 11) is 1.96. The molecule has 0 aliphatic heterocycles. The molecule has 0 amide bonds. The normalized spacial score (nSPS) is 11.3. The van der Waals surface area contributed by atoms with Crippen LogP contribution in [0, 0.1) is 0 Å².